The Hall–Kier alpha value is -2.80. The third-order valence-corrected chi connectivity index (χ3v) is 7.31. The molecule has 1 aliphatic rings. The van der Waals surface area contributed by atoms with Crippen molar-refractivity contribution in [3.63, 3.8) is 0 Å². The normalized spacial score (nSPS) is 23.6. The molecule has 0 spiro atoms. The van der Waals surface area contributed by atoms with E-state index in [9.17, 15) is 27.9 Å². The highest BCUT2D eigenvalue weighted by atomic mass is 32.2. The Morgan fingerprint density at radius 2 is 1.94 bits per heavy atom. The standard InChI is InChI=1S/C19H23N3O8S/c1-11-3-5-12(6-4-11)31(27,28)17-13(10-23)30-18(16(17)20-9-15(25)29-2)22-8-7-14(24)21-19(22)26/h3-8,13,16-18,20,23H,9-10H2,1-2H3,(H,21,24,26)/t13-,16-,17+,18-/m1/s1. The third kappa shape index (κ3) is 4.61. The van der Waals surface area contributed by atoms with Crippen LogP contribution in [0.2, 0.25) is 0 Å². The van der Waals surface area contributed by atoms with E-state index in [4.69, 9.17) is 4.74 Å². The van der Waals surface area contributed by atoms with Gasteiger partial charge in [0.15, 0.2) is 16.1 Å². The van der Waals surface area contributed by atoms with E-state index in [-0.39, 0.29) is 11.4 Å². The van der Waals surface area contributed by atoms with Gasteiger partial charge < -0.3 is 14.6 Å². The highest BCUT2D eigenvalue weighted by Gasteiger charge is 2.52. The number of hydrogen-bond donors (Lipinski definition) is 3. The number of esters is 1. The largest absolute Gasteiger partial charge is 0.468 e. The van der Waals surface area contributed by atoms with Crippen molar-refractivity contribution < 1.29 is 27.8 Å². The predicted octanol–water partition coefficient (Wildman–Crippen LogP) is -1.29. The van der Waals surface area contributed by atoms with Gasteiger partial charge in [0, 0.05) is 12.3 Å². The molecule has 0 amide bonds. The molecule has 3 rings (SSSR count). The predicted molar refractivity (Wildman–Crippen MR) is 108 cm³/mol. The first-order chi connectivity index (χ1) is 14.7. The smallest absolute Gasteiger partial charge is 0.330 e. The average Bonchev–Trinajstić information content (AvgIpc) is 3.11. The Morgan fingerprint density at radius 1 is 1.26 bits per heavy atom. The number of aromatic nitrogens is 2. The summed E-state index contributed by atoms with van der Waals surface area (Å²) in [6.07, 6.45) is -1.27. The lowest BCUT2D eigenvalue weighted by Gasteiger charge is -2.25. The molecule has 2 heterocycles. The molecule has 0 saturated carbocycles. The lowest BCUT2D eigenvalue weighted by atomic mass is 10.1. The van der Waals surface area contributed by atoms with Gasteiger partial charge in [0.05, 0.1) is 31.2 Å². The number of methoxy groups -OCH3 is 1. The molecule has 1 fully saturated rings. The lowest BCUT2D eigenvalue weighted by Crippen LogP contribution is -2.51. The van der Waals surface area contributed by atoms with Crippen LogP contribution in [0.5, 0.6) is 0 Å². The second-order valence-corrected chi connectivity index (χ2v) is 9.18. The summed E-state index contributed by atoms with van der Waals surface area (Å²) < 4.78 is 38.3. The topological polar surface area (TPSA) is 157 Å². The first kappa shape index (κ1) is 22.9. The minimum absolute atomic E-state index is 0.00415. The van der Waals surface area contributed by atoms with Gasteiger partial charge >= 0.3 is 11.7 Å². The number of carbonyl (C=O) groups is 1. The number of nitrogens with zero attached hydrogens (tertiary/aromatic N) is 1. The highest BCUT2D eigenvalue weighted by Crippen LogP contribution is 2.35. The number of benzene rings is 1. The second kappa shape index (κ2) is 9.14. The molecular formula is C19H23N3O8S. The first-order valence-corrected chi connectivity index (χ1v) is 10.9. The van der Waals surface area contributed by atoms with Crippen LogP contribution in [0.15, 0.2) is 51.0 Å². The van der Waals surface area contributed by atoms with Gasteiger partial charge in [-0.25, -0.2) is 13.2 Å². The van der Waals surface area contributed by atoms with Crippen LogP contribution in [-0.2, 0) is 24.1 Å². The number of nitrogens with one attached hydrogen (secondary N) is 2. The fourth-order valence-corrected chi connectivity index (χ4v) is 5.51. The van der Waals surface area contributed by atoms with Crippen LogP contribution >= 0.6 is 0 Å². The lowest BCUT2D eigenvalue weighted by molar-refractivity contribution is -0.139. The van der Waals surface area contributed by atoms with E-state index >= 15 is 0 Å². The number of carbonyl (C=O) groups excluding carboxylic acids is 1. The molecule has 4 atom stereocenters. The maximum atomic E-state index is 13.5. The number of sulfone groups is 1. The molecule has 31 heavy (non-hydrogen) atoms. The number of aliphatic hydroxyl groups is 1. The number of aromatic amines is 1. The summed E-state index contributed by atoms with van der Waals surface area (Å²) in [5, 5.41) is 11.3. The fraction of sp³-hybridized carbons (Fsp3) is 0.421. The zero-order chi connectivity index (χ0) is 22.8. The molecule has 1 saturated heterocycles. The molecule has 2 aromatic rings. The fourth-order valence-electron chi connectivity index (χ4n) is 3.52. The Morgan fingerprint density at radius 3 is 2.52 bits per heavy atom. The van der Waals surface area contributed by atoms with Crippen molar-refractivity contribution in [1.29, 1.82) is 0 Å². The quantitative estimate of drug-likeness (QED) is 0.434. The summed E-state index contributed by atoms with van der Waals surface area (Å²) in [6.45, 7) is 0.795. The summed E-state index contributed by atoms with van der Waals surface area (Å²) in [5.74, 6) is -0.661. The highest BCUT2D eigenvalue weighted by molar-refractivity contribution is 7.92. The number of H-pyrrole nitrogens is 1. The molecule has 1 aromatic carbocycles. The molecule has 1 aliphatic heterocycles. The van der Waals surface area contributed by atoms with Crippen LogP contribution in [0.3, 0.4) is 0 Å². The molecule has 168 valence electrons. The Kier molecular flexibility index (Phi) is 6.74. The SMILES string of the molecule is COC(=O)CN[C@@H]1[C@@H](S(=O)(=O)c2ccc(C)cc2)[C@@H](CO)O[C@H]1n1ccc(=O)[nH]c1=O. The van der Waals surface area contributed by atoms with Gasteiger partial charge in [0.2, 0.25) is 0 Å². The summed E-state index contributed by atoms with van der Waals surface area (Å²) >= 11 is 0. The van der Waals surface area contributed by atoms with Gasteiger partial charge in [-0.15, -0.1) is 0 Å². The maximum absolute atomic E-state index is 13.5. The van der Waals surface area contributed by atoms with Crippen molar-refractivity contribution in [3.05, 3.63) is 62.9 Å². The minimum atomic E-state index is -4.07. The summed E-state index contributed by atoms with van der Waals surface area (Å²) in [7, 11) is -2.89. The molecule has 0 aliphatic carbocycles. The Balaban J connectivity index is 2.09. The van der Waals surface area contributed by atoms with Gasteiger partial charge in [-0.2, -0.15) is 0 Å². The van der Waals surface area contributed by atoms with Gasteiger partial charge in [-0.05, 0) is 19.1 Å². The van der Waals surface area contributed by atoms with Crippen molar-refractivity contribution in [1.82, 2.24) is 14.9 Å². The number of rotatable bonds is 7. The summed E-state index contributed by atoms with van der Waals surface area (Å²) in [4.78, 5) is 37.5. The van der Waals surface area contributed by atoms with E-state index in [0.29, 0.717) is 0 Å². The summed E-state index contributed by atoms with van der Waals surface area (Å²) in [5.41, 5.74) is -0.605. The number of hydrogen-bond acceptors (Lipinski definition) is 9. The van der Waals surface area contributed by atoms with E-state index in [0.717, 1.165) is 22.4 Å². The van der Waals surface area contributed by atoms with Crippen LogP contribution in [0, 0.1) is 6.92 Å². The monoisotopic (exact) mass is 453 g/mol. The van der Waals surface area contributed by atoms with E-state index in [2.05, 4.69) is 15.0 Å². The summed E-state index contributed by atoms with van der Waals surface area (Å²) in [6, 6.07) is 6.12. The molecule has 0 unspecified atom stereocenters. The van der Waals surface area contributed by atoms with Crippen molar-refractivity contribution in [2.75, 3.05) is 20.3 Å². The minimum Gasteiger partial charge on any atom is -0.468 e. The average molecular weight is 453 g/mol. The van der Waals surface area contributed by atoms with Gasteiger partial charge in [0.1, 0.15) is 11.4 Å². The Bertz CT molecular complexity index is 1160. The first-order valence-electron chi connectivity index (χ1n) is 9.37. The van der Waals surface area contributed by atoms with E-state index in [1.165, 1.54) is 19.2 Å². The maximum Gasteiger partial charge on any atom is 0.330 e. The van der Waals surface area contributed by atoms with Crippen LogP contribution in [0.4, 0.5) is 0 Å². The van der Waals surface area contributed by atoms with Crippen molar-refractivity contribution in [3.8, 4) is 0 Å². The van der Waals surface area contributed by atoms with Crippen molar-refractivity contribution in [2.24, 2.45) is 0 Å². The van der Waals surface area contributed by atoms with Gasteiger partial charge in [0.25, 0.3) is 5.56 Å². The number of aliphatic hydroxyl groups excluding tert-OH is 1. The number of aryl methyl sites for hydroxylation is 1. The van der Waals surface area contributed by atoms with Crippen molar-refractivity contribution >= 4 is 15.8 Å². The van der Waals surface area contributed by atoms with Gasteiger partial charge in [-0.1, -0.05) is 17.7 Å². The molecular weight excluding hydrogens is 430 g/mol. The van der Waals surface area contributed by atoms with Crippen LogP contribution in [-0.4, -0.2) is 66.7 Å². The van der Waals surface area contributed by atoms with Crippen molar-refractivity contribution in [2.45, 2.75) is 35.4 Å². The third-order valence-electron chi connectivity index (χ3n) is 5.06. The van der Waals surface area contributed by atoms with E-state index in [1.54, 1.807) is 12.1 Å². The van der Waals surface area contributed by atoms with Gasteiger partial charge in [-0.3, -0.25) is 24.5 Å². The molecule has 3 N–H and O–H groups in total. The Labute approximate surface area is 177 Å². The van der Waals surface area contributed by atoms with Crippen LogP contribution in [0.25, 0.3) is 0 Å². The molecule has 0 radical (unpaired) electrons. The molecule has 1 aromatic heterocycles. The van der Waals surface area contributed by atoms with Crippen LogP contribution in [0.1, 0.15) is 11.8 Å². The van der Waals surface area contributed by atoms with E-state index in [1.807, 2.05) is 6.92 Å². The zero-order valence-electron chi connectivity index (χ0n) is 16.8. The van der Waals surface area contributed by atoms with Crippen LogP contribution < -0.4 is 16.6 Å². The molecule has 0 bridgehead atoms. The van der Waals surface area contributed by atoms with E-state index < -0.39 is 57.3 Å². The molecule has 12 heteroatoms. The molecule has 11 nitrogen and oxygen atoms in total. The second-order valence-electron chi connectivity index (χ2n) is 7.07. The number of ether oxygens (including phenoxy) is 2. The zero-order valence-corrected chi connectivity index (χ0v) is 17.7.